The lowest BCUT2D eigenvalue weighted by Gasteiger charge is -2.39. The maximum absolute atomic E-state index is 11.9. The van der Waals surface area contributed by atoms with Crippen molar-refractivity contribution in [1.29, 1.82) is 0 Å². The fraction of sp³-hybridized carbons (Fsp3) is 0.846. The van der Waals surface area contributed by atoms with Crippen molar-refractivity contribution in [3.05, 3.63) is 0 Å². The second-order valence-corrected chi connectivity index (χ2v) is 5.45. The molecule has 0 spiro atoms. The molecule has 0 aromatic carbocycles. The van der Waals surface area contributed by atoms with E-state index in [2.05, 4.69) is 0 Å². The van der Waals surface area contributed by atoms with Crippen molar-refractivity contribution in [2.75, 3.05) is 33.7 Å². The van der Waals surface area contributed by atoms with Crippen LogP contribution in [0.1, 0.15) is 32.6 Å². The summed E-state index contributed by atoms with van der Waals surface area (Å²) in [5, 5.41) is 9.38. The fourth-order valence-electron chi connectivity index (χ4n) is 2.60. The van der Waals surface area contributed by atoms with E-state index in [0.29, 0.717) is 38.9 Å². The van der Waals surface area contributed by atoms with Gasteiger partial charge in [0.1, 0.15) is 0 Å². The molecule has 0 radical (unpaired) electrons. The minimum Gasteiger partial charge on any atom is -0.481 e. The first-order valence-electron chi connectivity index (χ1n) is 6.57. The van der Waals surface area contributed by atoms with Crippen LogP contribution in [0.5, 0.6) is 0 Å². The van der Waals surface area contributed by atoms with Gasteiger partial charge in [0.25, 0.3) is 0 Å². The summed E-state index contributed by atoms with van der Waals surface area (Å²) in [7, 11) is 3.72. The average Bonchev–Trinajstić information content (AvgIpc) is 2.29. The number of likely N-dealkylation sites (tertiary alicyclic amines) is 1. The number of carboxylic acids is 1. The highest BCUT2D eigenvalue weighted by atomic mass is 16.4. The van der Waals surface area contributed by atoms with Crippen LogP contribution >= 0.6 is 0 Å². The molecule has 0 atom stereocenters. The lowest BCUT2D eigenvalue weighted by atomic mass is 9.75. The number of carbonyl (C=O) groups excluding carboxylic acids is 1. The number of aliphatic carboxylic acids is 1. The van der Waals surface area contributed by atoms with Gasteiger partial charge in [-0.25, -0.2) is 0 Å². The lowest BCUT2D eigenvalue weighted by molar-refractivity contribution is -0.155. The van der Waals surface area contributed by atoms with Crippen LogP contribution < -0.4 is 0 Å². The summed E-state index contributed by atoms with van der Waals surface area (Å²) in [5.41, 5.74) is -0.607. The third-order valence-corrected chi connectivity index (χ3v) is 3.71. The topological polar surface area (TPSA) is 60.9 Å². The number of piperidine rings is 1. The normalized spacial score (nSPS) is 19.0. The molecule has 0 bridgehead atoms. The van der Waals surface area contributed by atoms with E-state index < -0.39 is 11.4 Å². The zero-order valence-electron chi connectivity index (χ0n) is 11.6. The molecule has 0 aromatic rings. The van der Waals surface area contributed by atoms with Crippen LogP contribution in [0.15, 0.2) is 0 Å². The number of hydrogen-bond acceptors (Lipinski definition) is 3. The molecular weight excluding hydrogens is 232 g/mol. The standard InChI is InChI=1S/C13H24N2O3/c1-4-5-13(12(17)18)6-8-15(9-7-13)11(16)10-14(2)3/h4-10H2,1-3H3,(H,17,18). The van der Waals surface area contributed by atoms with E-state index in [1.54, 1.807) is 4.90 Å². The van der Waals surface area contributed by atoms with E-state index in [4.69, 9.17) is 0 Å². The van der Waals surface area contributed by atoms with E-state index in [1.165, 1.54) is 0 Å². The summed E-state index contributed by atoms with van der Waals surface area (Å²) in [6.07, 6.45) is 2.74. The molecule has 1 amide bonds. The summed E-state index contributed by atoms with van der Waals surface area (Å²) in [5.74, 6) is -0.612. The van der Waals surface area contributed by atoms with E-state index >= 15 is 0 Å². The minimum absolute atomic E-state index is 0.0930. The predicted molar refractivity (Wildman–Crippen MR) is 69.3 cm³/mol. The Bertz CT molecular complexity index is 307. The van der Waals surface area contributed by atoms with Crippen LogP contribution in [0.25, 0.3) is 0 Å². The molecule has 104 valence electrons. The van der Waals surface area contributed by atoms with Gasteiger partial charge in [-0.15, -0.1) is 0 Å². The molecule has 1 saturated heterocycles. The quantitative estimate of drug-likeness (QED) is 0.798. The fourth-order valence-corrected chi connectivity index (χ4v) is 2.60. The lowest BCUT2D eigenvalue weighted by Crippen LogP contribution is -2.48. The molecular formula is C13H24N2O3. The summed E-state index contributed by atoms with van der Waals surface area (Å²) < 4.78 is 0. The number of rotatable bonds is 5. The molecule has 5 heteroatoms. The Morgan fingerprint density at radius 1 is 1.28 bits per heavy atom. The highest BCUT2D eigenvalue weighted by Gasteiger charge is 2.41. The van der Waals surface area contributed by atoms with Gasteiger partial charge >= 0.3 is 5.97 Å². The van der Waals surface area contributed by atoms with Gasteiger partial charge in [0, 0.05) is 13.1 Å². The van der Waals surface area contributed by atoms with Crippen LogP contribution in [0.4, 0.5) is 0 Å². The van der Waals surface area contributed by atoms with Gasteiger partial charge in [0.2, 0.25) is 5.91 Å². The van der Waals surface area contributed by atoms with Crippen molar-refractivity contribution in [2.24, 2.45) is 5.41 Å². The summed E-state index contributed by atoms with van der Waals surface area (Å²) in [4.78, 5) is 26.9. The van der Waals surface area contributed by atoms with Crippen molar-refractivity contribution in [1.82, 2.24) is 9.80 Å². The number of carbonyl (C=O) groups is 2. The highest BCUT2D eigenvalue weighted by Crippen LogP contribution is 2.36. The molecule has 1 aliphatic heterocycles. The second-order valence-electron chi connectivity index (χ2n) is 5.45. The van der Waals surface area contributed by atoms with Gasteiger partial charge in [-0.05, 0) is 33.4 Å². The van der Waals surface area contributed by atoms with Crippen LogP contribution in [-0.2, 0) is 9.59 Å². The molecule has 1 fully saturated rings. The maximum atomic E-state index is 11.9. The highest BCUT2D eigenvalue weighted by molar-refractivity contribution is 5.79. The summed E-state index contributed by atoms with van der Waals surface area (Å²) in [6.45, 7) is 3.54. The van der Waals surface area contributed by atoms with Crippen molar-refractivity contribution in [2.45, 2.75) is 32.6 Å². The van der Waals surface area contributed by atoms with Gasteiger partial charge in [0.15, 0.2) is 0 Å². The Balaban J connectivity index is 2.58. The molecule has 5 nitrogen and oxygen atoms in total. The Kier molecular flexibility index (Phi) is 5.14. The zero-order valence-corrected chi connectivity index (χ0v) is 11.6. The predicted octanol–water partition coefficient (Wildman–Crippen LogP) is 1.04. The number of hydrogen-bond donors (Lipinski definition) is 1. The van der Waals surface area contributed by atoms with Gasteiger partial charge in [-0.1, -0.05) is 13.3 Å². The number of amides is 1. The first kappa shape index (κ1) is 15.0. The largest absolute Gasteiger partial charge is 0.481 e. The second kappa shape index (κ2) is 6.18. The van der Waals surface area contributed by atoms with E-state index in [-0.39, 0.29) is 5.91 Å². The zero-order chi connectivity index (χ0) is 13.8. The molecule has 1 rings (SSSR count). The molecule has 0 unspecified atom stereocenters. The van der Waals surface area contributed by atoms with Crippen molar-refractivity contribution < 1.29 is 14.7 Å². The van der Waals surface area contributed by atoms with E-state index in [9.17, 15) is 14.7 Å². The summed E-state index contributed by atoms with van der Waals surface area (Å²) >= 11 is 0. The van der Waals surface area contributed by atoms with Crippen LogP contribution in [0, 0.1) is 5.41 Å². The van der Waals surface area contributed by atoms with Crippen molar-refractivity contribution in [3.63, 3.8) is 0 Å². The van der Waals surface area contributed by atoms with Crippen molar-refractivity contribution in [3.8, 4) is 0 Å². The first-order valence-corrected chi connectivity index (χ1v) is 6.57. The molecule has 1 N–H and O–H groups in total. The van der Waals surface area contributed by atoms with Gasteiger partial charge < -0.3 is 14.9 Å². The molecule has 0 aromatic heterocycles. The minimum atomic E-state index is -0.705. The number of likely N-dealkylation sites (N-methyl/N-ethyl adjacent to an activating group) is 1. The Labute approximate surface area is 109 Å². The average molecular weight is 256 g/mol. The van der Waals surface area contributed by atoms with Gasteiger partial charge in [0.05, 0.1) is 12.0 Å². The van der Waals surface area contributed by atoms with Gasteiger partial charge in [-0.3, -0.25) is 9.59 Å². The molecule has 1 heterocycles. The maximum Gasteiger partial charge on any atom is 0.309 e. The first-order chi connectivity index (χ1) is 8.41. The van der Waals surface area contributed by atoms with Crippen LogP contribution in [0.3, 0.4) is 0 Å². The molecule has 0 saturated carbocycles. The Hall–Kier alpha value is -1.10. The van der Waals surface area contributed by atoms with Crippen molar-refractivity contribution >= 4 is 11.9 Å². The van der Waals surface area contributed by atoms with Crippen LogP contribution in [0.2, 0.25) is 0 Å². The van der Waals surface area contributed by atoms with Crippen LogP contribution in [-0.4, -0.2) is 60.5 Å². The third-order valence-electron chi connectivity index (χ3n) is 3.71. The smallest absolute Gasteiger partial charge is 0.309 e. The molecule has 18 heavy (non-hydrogen) atoms. The molecule has 0 aliphatic carbocycles. The molecule has 1 aliphatic rings. The SMILES string of the molecule is CCCC1(C(=O)O)CCN(C(=O)CN(C)C)CC1. The van der Waals surface area contributed by atoms with Gasteiger partial charge in [-0.2, -0.15) is 0 Å². The number of carboxylic acid groups (broad SMARTS) is 1. The monoisotopic (exact) mass is 256 g/mol. The Morgan fingerprint density at radius 2 is 1.83 bits per heavy atom. The van der Waals surface area contributed by atoms with E-state index in [0.717, 1.165) is 6.42 Å². The number of nitrogens with zero attached hydrogens (tertiary/aromatic N) is 2. The van der Waals surface area contributed by atoms with E-state index in [1.807, 2.05) is 25.9 Å². The third kappa shape index (κ3) is 3.45. The summed E-state index contributed by atoms with van der Waals surface area (Å²) in [6, 6.07) is 0. The Morgan fingerprint density at radius 3 is 2.22 bits per heavy atom.